The standard InChI is InChI=1S/C13H21NO4/c1-9(15)17-11-7-5-10(6-8-11)14-12(16)18-13(2,3)4/h5,7,10-11H,6,8H2,1-4H3,(H,14,16)/t10-,11+/m0/s1. The Morgan fingerprint density at radius 1 is 1.22 bits per heavy atom. The molecule has 0 spiro atoms. The van der Waals surface area contributed by atoms with E-state index in [0.717, 1.165) is 6.42 Å². The molecule has 5 heteroatoms. The van der Waals surface area contributed by atoms with E-state index in [1.807, 2.05) is 26.8 Å². The number of hydrogen-bond donors (Lipinski definition) is 1. The molecule has 102 valence electrons. The first-order valence-electron chi connectivity index (χ1n) is 6.11. The van der Waals surface area contributed by atoms with Gasteiger partial charge < -0.3 is 14.8 Å². The van der Waals surface area contributed by atoms with Gasteiger partial charge >= 0.3 is 12.1 Å². The van der Waals surface area contributed by atoms with Crippen LogP contribution in [0.2, 0.25) is 0 Å². The van der Waals surface area contributed by atoms with Crippen LogP contribution >= 0.6 is 0 Å². The minimum atomic E-state index is -0.497. The first-order valence-corrected chi connectivity index (χ1v) is 6.11. The Balaban J connectivity index is 2.38. The highest BCUT2D eigenvalue weighted by Gasteiger charge is 2.22. The van der Waals surface area contributed by atoms with E-state index in [4.69, 9.17) is 9.47 Å². The second kappa shape index (κ2) is 5.89. The Labute approximate surface area is 108 Å². The third kappa shape index (κ3) is 5.70. The summed E-state index contributed by atoms with van der Waals surface area (Å²) in [5, 5.41) is 2.76. The van der Waals surface area contributed by atoms with Crippen molar-refractivity contribution in [3.05, 3.63) is 12.2 Å². The highest BCUT2D eigenvalue weighted by molar-refractivity contribution is 5.68. The van der Waals surface area contributed by atoms with E-state index < -0.39 is 11.7 Å². The molecular formula is C13H21NO4. The summed E-state index contributed by atoms with van der Waals surface area (Å²) >= 11 is 0. The van der Waals surface area contributed by atoms with Crippen LogP contribution in [0.15, 0.2) is 12.2 Å². The van der Waals surface area contributed by atoms with Gasteiger partial charge in [-0.3, -0.25) is 4.79 Å². The van der Waals surface area contributed by atoms with E-state index in [1.54, 1.807) is 6.08 Å². The lowest BCUT2D eigenvalue weighted by molar-refractivity contribution is -0.144. The maximum atomic E-state index is 11.5. The van der Waals surface area contributed by atoms with Crippen LogP contribution in [0.4, 0.5) is 4.79 Å². The molecule has 0 saturated carbocycles. The van der Waals surface area contributed by atoms with Crippen LogP contribution in [0.3, 0.4) is 0 Å². The van der Waals surface area contributed by atoms with E-state index in [0.29, 0.717) is 6.42 Å². The van der Waals surface area contributed by atoms with E-state index >= 15 is 0 Å². The van der Waals surface area contributed by atoms with Gasteiger partial charge in [0.1, 0.15) is 11.7 Å². The van der Waals surface area contributed by atoms with Gasteiger partial charge in [0.2, 0.25) is 0 Å². The molecule has 0 unspecified atom stereocenters. The van der Waals surface area contributed by atoms with Gasteiger partial charge in [0, 0.05) is 6.92 Å². The summed E-state index contributed by atoms with van der Waals surface area (Å²) < 4.78 is 10.2. The molecule has 0 aromatic rings. The van der Waals surface area contributed by atoms with Crippen molar-refractivity contribution >= 4 is 12.1 Å². The highest BCUT2D eigenvalue weighted by Crippen LogP contribution is 2.15. The molecule has 0 bridgehead atoms. The van der Waals surface area contributed by atoms with Crippen molar-refractivity contribution in [2.75, 3.05) is 0 Å². The molecule has 0 saturated heterocycles. The van der Waals surface area contributed by atoms with Gasteiger partial charge in [-0.25, -0.2) is 4.79 Å². The summed E-state index contributed by atoms with van der Waals surface area (Å²) in [7, 11) is 0. The quantitative estimate of drug-likeness (QED) is 0.606. The van der Waals surface area contributed by atoms with Gasteiger partial charge in [-0.05, 0) is 39.7 Å². The summed E-state index contributed by atoms with van der Waals surface area (Å²) in [5.74, 6) is -0.289. The van der Waals surface area contributed by atoms with E-state index in [1.165, 1.54) is 6.92 Å². The summed E-state index contributed by atoms with van der Waals surface area (Å²) in [6, 6.07) is -0.0633. The van der Waals surface area contributed by atoms with Crippen LogP contribution in [0.5, 0.6) is 0 Å². The number of amides is 1. The molecular weight excluding hydrogens is 234 g/mol. The molecule has 18 heavy (non-hydrogen) atoms. The first kappa shape index (κ1) is 14.5. The Morgan fingerprint density at radius 2 is 1.89 bits per heavy atom. The summed E-state index contributed by atoms with van der Waals surface area (Å²) in [4.78, 5) is 22.3. The van der Waals surface area contributed by atoms with Crippen LogP contribution < -0.4 is 5.32 Å². The Morgan fingerprint density at radius 3 is 2.33 bits per heavy atom. The molecule has 1 amide bonds. The molecule has 2 atom stereocenters. The summed E-state index contributed by atoms with van der Waals surface area (Å²) in [6.07, 6.45) is 4.46. The van der Waals surface area contributed by atoms with Crippen molar-refractivity contribution in [3.8, 4) is 0 Å². The Kier molecular flexibility index (Phi) is 4.76. The third-order valence-corrected chi connectivity index (χ3v) is 2.34. The average Bonchev–Trinajstić information content (AvgIpc) is 2.17. The number of carbonyl (C=O) groups excluding carboxylic acids is 2. The molecule has 5 nitrogen and oxygen atoms in total. The van der Waals surface area contributed by atoms with Crippen molar-refractivity contribution in [2.45, 2.75) is 58.3 Å². The number of alkyl carbamates (subject to hydrolysis) is 1. The predicted molar refractivity (Wildman–Crippen MR) is 67.1 cm³/mol. The monoisotopic (exact) mass is 255 g/mol. The average molecular weight is 255 g/mol. The maximum absolute atomic E-state index is 11.5. The second-order valence-electron chi connectivity index (χ2n) is 5.36. The molecule has 0 aliphatic heterocycles. The summed E-state index contributed by atoms with van der Waals surface area (Å²) in [6.45, 7) is 6.85. The molecule has 1 aliphatic carbocycles. The molecule has 1 aliphatic rings. The van der Waals surface area contributed by atoms with E-state index in [2.05, 4.69) is 5.32 Å². The third-order valence-electron chi connectivity index (χ3n) is 2.34. The van der Waals surface area contributed by atoms with Crippen molar-refractivity contribution in [2.24, 2.45) is 0 Å². The van der Waals surface area contributed by atoms with Crippen LogP contribution in [0.1, 0.15) is 40.5 Å². The van der Waals surface area contributed by atoms with Crippen LogP contribution in [-0.4, -0.2) is 29.8 Å². The van der Waals surface area contributed by atoms with Crippen LogP contribution in [0.25, 0.3) is 0 Å². The van der Waals surface area contributed by atoms with Crippen LogP contribution in [0, 0.1) is 0 Å². The number of hydrogen-bond acceptors (Lipinski definition) is 4. The largest absolute Gasteiger partial charge is 0.458 e. The van der Waals surface area contributed by atoms with Gasteiger partial charge in [-0.2, -0.15) is 0 Å². The zero-order chi connectivity index (χ0) is 13.8. The first-order chi connectivity index (χ1) is 8.26. The number of ether oxygens (including phenoxy) is 2. The second-order valence-corrected chi connectivity index (χ2v) is 5.36. The molecule has 0 aromatic heterocycles. The number of esters is 1. The zero-order valence-corrected chi connectivity index (χ0v) is 11.4. The summed E-state index contributed by atoms with van der Waals surface area (Å²) in [5.41, 5.74) is -0.497. The fraction of sp³-hybridized carbons (Fsp3) is 0.692. The smallest absolute Gasteiger partial charge is 0.408 e. The van der Waals surface area contributed by atoms with E-state index in [-0.39, 0.29) is 18.1 Å². The molecule has 1 N–H and O–H groups in total. The lowest BCUT2D eigenvalue weighted by Crippen LogP contribution is -2.40. The minimum Gasteiger partial charge on any atom is -0.458 e. The van der Waals surface area contributed by atoms with Gasteiger partial charge in [0.25, 0.3) is 0 Å². The fourth-order valence-electron chi connectivity index (χ4n) is 1.68. The normalized spacial score (nSPS) is 23.3. The fourth-order valence-corrected chi connectivity index (χ4v) is 1.68. The number of carbonyl (C=O) groups is 2. The van der Waals surface area contributed by atoms with Crippen molar-refractivity contribution in [1.82, 2.24) is 5.32 Å². The predicted octanol–water partition coefficient (Wildman–Crippen LogP) is 2.16. The lowest BCUT2D eigenvalue weighted by Gasteiger charge is -2.25. The van der Waals surface area contributed by atoms with Crippen molar-refractivity contribution in [3.63, 3.8) is 0 Å². The van der Waals surface area contributed by atoms with Gasteiger partial charge in [-0.1, -0.05) is 6.08 Å². The number of nitrogens with one attached hydrogen (secondary N) is 1. The SMILES string of the molecule is CC(=O)O[C@@H]1C=C[C@H](NC(=O)OC(C)(C)C)CC1. The molecule has 1 rings (SSSR count). The Hall–Kier alpha value is -1.52. The highest BCUT2D eigenvalue weighted by atomic mass is 16.6. The van der Waals surface area contributed by atoms with Crippen molar-refractivity contribution in [1.29, 1.82) is 0 Å². The topological polar surface area (TPSA) is 64.6 Å². The number of rotatable bonds is 2. The maximum Gasteiger partial charge on any atom is 0.408 e. The minimum absolute atomic E-state index is 0.0633. The van der Waals surface area contributed by atoms with Gasteiger partial charge in [0.15, 0.2) is 0 Å². The van der Waals surface area contributed by atoms with Gasteiger partial charge in [-0.15, -0.1) is 0 Å². The van der Waals surface area contributed by atoms with Crippen molar-refractivity contribution < 1.29 is 19.1 Å². The molecule has 0 aromatic carbocycles. The molecule has 0 radical (unpaired) electrons. The lowest BCUT2D eigenvalue weighted by atomic mass is 10.0. The molecule has 0 heterocycles. The van der Waals surface area contributed by atoms with Gasteiger partial charge in [0.05, 0.1) is 6.04 Å². The van der Waals surface area contributed by atoms with Crippen LogP contribution in [-0.2, 0) is 14.3 Å². The Bertz CT molecular complexity index is 343. The van der Waals surface area contributed by atoms with E-state index in [9.17, 15) is 9.59 Å². The zero-order valence-electron chi connectivity index (χ0n) is 11.4. The molecule has 0 fully saturated rings.